The molecule has 0 radical (unpaired) electrons. The van der Waals surface area contributed by atoms with Crippen LogP contribution in [0.3, 0.4) is 0 Å². The molecule has 0 spiro atoms. The van der Waals surface area contributed by atoms with Gasteiger partial charge in [-0.15, -0.1) is 0 Å². The second-order valence-electron chi connectivity index (χ2n) is 4.85. The fourth-order valence-corrected chi connectivity index (χ4v) is 1.43. The maximum atomic E-state index is 12.7. The van der Waals surface area contributed by atoms with Gasteiger partial charge in [-0.2, -0.15) is 0 Å². The van der Waals surface area contributed by atoms with E-state index in [0.29, 0.717) is 12.2 Å². The van der Waals surface area contributed by atoms with Crippen LogP contribution in [-0.2, 0) is 9.59 Å². The molecule has 1 aromatic rings. The third kappa shape index (κ3) is 5.69. The van der Waals surface area contributed by atoms with Crippen molar-refractivity contribution in [3.8, 4) is 5.75 Å². The van der Waals surface area contributed by atoms with Crippen LogP contribution in [0.4, 0.5) is 4.39 Å². The summed E-state index contributed by atoms with van der Waals surface area (Å²) in [4.78, 5) is 23.0. The van der Waals surface area contributed by atoms with Crippen molar-refractivity contribution in [2.24, 2.45) is 5.92 Å². The lowest BCUT2D eigenvalue weighted by Gasteiger charge is -2.15. The molecule has 20 heavy (non-hydrogen) atoms. The van der Waals surface area contributed by atoms with E-state index in [1.54, 1.807) is 0 Å². The summed E-state index contributed by atoms with van der Waals surface area (Å²) in [5.41, 5.74) is 4.59. The minimum Gasteiger partial charge on any atom is -0.481 e. The molecule has 1 aromatic carbocycles. The number of benzene rings is 1. The summed E-state index contributed by atoms with van der Waals surface area (Å²) in [5, 5.41) is 0. The van der Waals surface area contributed by atoms with Gasteiger partial charge in [-0.3, -0.25) is 20.4 Å². The Hall–Kier alpha value is -2.11. The van der Waals surface area contributed by atoms with E-state index in [9.17, 15) is 14.0 Å². The molecule has 0 saturated carbocycles. The topological polar surface area (TPSA) is 67.4 Å². The largest absolute Gasteiger partial charge is 0.481 e. The van der Waals surface area contributed by atoms with Gasteiger partial charge in [-0.25, -0.2) is 4.39 Å². The molecular weight excluding hydrogens is 263 g/mol. The first-order valence-corrected chi connectivity index (χ1v) is 6.39. The third-order valence-electron chi connectivity index (χ3n) is 2.41. The Balaban J connectivity index is 2.39. The van der Waals surface area contributed by atoms with Gasteiger partial charge in [-0.1, -0.05) is 13.8 Å². The monoisotopic (exact) mass is 282 g/mol. The van der Waals surface area contributed by atoms with Crippen molar-refractivity contribution in [2.45, 2.75) is 33.3 Å². The lowest BCUT2D eigenvalue weighted by Crippen LogP contribution is -2.47. The number of rotatable bonds is 5. The molecule has 0 fully saturated rings. The molecule has 0 aliphatic rings. The predicted octanol–water partition coefficient (Wildman–Crippen LogP) is 1.79. The van der Waals surface area contributed by atoms with E-state index in [-0.39, 0.29) is 17.6 Å². The van der Waals surface area contributed by atoms with E-state index in [2.05, 4.69) is 10.9 Å². The predicted molar refractivity (Wildman–Crippen MR) is 72.2 cm³/mol. The molecule has 0 aliphatic heterocycles. The van der Waals surface area contributed by atoms with Crippen LogP contribution >= 0.6 is 0 Å². The van der Waals surface area contributed by atoms with Gasteiger partial charge < -0.3 is 4.74 Å². The van der Waals surface area contributed by atoms with Crippen LogP contribution in [0.25, 0.3) is 0 Å². The van der Waals surface area contributed by atoms with Crippen molar-refractivity contribution in [2.75, 3.05) is 0 Å². The van der Waals surface area contributed by atoms with Crippen molar-refractivity contribution >= 4 is 11.8 Å². The van der Waals surface area contributed by atoms with E-state index in [4.69, 9.17) is 4.74 Å². The summed E-state index contributed by atoms with van der Waals surface area (Å²) >= 11 is 0. The average molecular weight is 282 g/mol. The number of ether oxygens (including phenoxy) is 1. The molecule has 1 atom stereocenters. The van der Waals surface area contributed by atoms with Gasteiger partial charge in [0, 0.05) is 6.42 Å². The van der Waals surface area contributed by atoms with Crippen LogP contribution in [0.2, 0.25) is 0 Å². The fraction of sp³-hybridized carbons (Fsp3) is 0.429. The van der Waals surface area contributed by atoms with Crippen molar-refractivity contribution in [1.82, 2.24) is 10.9 Å². The Morgan fingerprint density at radius 3 is 2.30 bits per heavy atom. The molecule has 0 unspecified atom stereocenters. The summed E-state index contributed by atoms with van der Waals surface area (Å²) in [5.74, 6) is -0.536. The van der Waals surface area contributed by atoms with Gasteiger partial charge in [0.25, 0.3) is 5.91 Å². The Morgan fingerprint density at radius 1 is 1.15 bits per heavy atom. The molecule has 2 amide bonds. The first-order chi connectivity index (χ1) is 9.38. The maximum Gasteiger partial charge on any atom is 0.279 e. The molecule has 0 aliphatic carbocycles. The zero-order valence-electron chi connectivity index (χ0n) is 11.8. The molecule has 0 heterocycles. The van der Waals surface area contributed by atoms with Crippen LogP contribution in [0, 0.1) is 11.7 Å². The first-order valence-electron chi connectivity index (χ1n) is 6.39. The number of hydrogen-bond acceptors (Lipinski definition) is 3. The molecule has 5 nitrogen and oxygen atoms in total. The first kappa shape index (κ1) is 15.9. The van der Waals surface area contributed by atoms with E-state index < -0.39 is 12.0 Å². The van der Waals surface area contributed by atoms with Gasteiger partial charge in [0.2, 0.25) is 5.91 Å². The smallest absolute Gasteiger partial charge is 0.279 e. The number of halogens is 1. The molecule has 2 N–H and O–H groups in total. The van der Waals surface area contributed by atoms with Crippen LogP contribution in [0.5, 0.6) is 5.75 Å². The second kappa shape index (κ2) is 7.47. The fourth-order valence-electron chi connectivity index (χ4n) is 1.43. The van der Waals surface area contributed by atoms with Crippen LogP contribution in [-0.4, -0.2) is 17.9 Å². The highest BCUT2D eigenvalue weighted by Crippen LogP contribution is 2.12. The Labute approximate surface area is 117 Å². The average Bonchev–Trinajstić information content (AvgIpc) is 2.37. The number of carbonyl (C=O) groups excluding carboxylic acids is 2. The summed E-state index contributed by atoms with van der Waals surface area (Å²) in [6.45, 7) is 5.34. The SMILES string of the molecule is CC(C)CC(=O)NNC(=O)[C@H](C)Oc1ccc(F)cc1. The van der Waals surface area contributed by atoms with Gasteiger partial charge in [0.15, 0.2) is 6.10 Å². The highest BCUT2D eigenvalue weighted by Gasteiger charge is 2.15. The zero-order chi connectivity index (χ0) is 15.1. The van der Waals surface area contributed by atoms with Crippen molar-refractivity contribution in [3.05, 3.63) is 30.1 Å². The number of nitrogens with one attached hydrogen (secondary N) is 2. The summed E-state index contributed by atoms with van der Waals surface area (Å²) in [7, 11) is 0. The number of carbonyl (C=O) groups is 2. The molecule has 0 aromatic heterocycles. The van der Waals surface area contributed by atoms with E-state index in [0.717, 1.165) is 0 Å². The summed E-state index contributed by atoms with van der Waals surface area (Å²) in [6.07, 6.45) is -0.479. The standard InChI is InChI=1S/C14H19FN2O3/c1-9(2)8-13(18)16-17-14(19)10(3)20-12-6-4-11(15)5-7-12/h4-7,9-10H,8H2,1-3H3,(H,16,18)(H,17,19)/t10-/m0/s1. The summed E-state index contributed by atoms with van der Waals surface area (Å²) < 4.78 is 18.0. The van der Waals surface area contributed by atoms with Crippen LogP contribution in [0.1, 0.15) is 27.2 Å². The Morgan fingerprint density at radius 2 is 1.75 bits per heavy atom. The zero-order valence-corrected chi connectivity index (χ0v) is 11.8. The number of hydrazine groups is 1. The molecule has 0 bridgehead atoms. The minimum atomic E-state index is -0.806. The molecule has 0 saturated heterocycles. The lowest BCUT2D eigenvalue weighted by atomic mass is 10.1. The third-order valence-corrected chi connectivity index (χ3v) is 2.41. The highest BCUT2D eigenvalue weighted by atomic mass is 19.1. The van der Waals surface area contributed by atoms with Gasteiger partial charge in [0.1, 0.15) is 11.6 Å². The second-order valence-corrected chi connectivity index (χ2v) is 4.85. The van der Waals surface area contributed by atoms with E-state index >= 15 is 0 Å². The van der Waals surface area contributed by atoms with Gasteiger partial charge in [0.05, 0.1) is 0 Å². The van der Waals surface area contributed by atoms with E-state index in [1.165, 1.54) is 31.2 Å². The van der Waals surface area contributed by atoms with Crippen molar-refractivity contribution in [3.63, 3.8) is 0 Å². The van der Waals surface area contributed by atoms with Gasteiger partial charge >= 0.3 is 0 Å². The maximum absolute atomic E-state index is 12.7. The lowest BCUT2D eigenvalue weighted by molar-refractivity contribution is -0.133. The van der Waals surface area contributed by atoms with Crippen LogP contribution < -0.4 is 15.6 Å². The summed E-state index contributed by atoms with van der Waals surface area (Å²) in [6, 6.07) is 5.33. The minimum absolute atomic E-state index is 0.208. The van der Waals surface area contributed by atoms with E-state index in [1.807, 2.05) is 13.8 Å². The Kier molecular flexibility index (Phi) is 5.96. The van der Waals surface area contributed by atoms with Crippen molar-refractivity contribution in [1.29, 1.82) is 0 Å². The van der Waals surface area contributed by atoms with Crippen LogP contribution in [0.15, 0.2) is 24.3 Å². The van der Waals surface area contributed by atoms with Gasteiger partial charge in [-0.05, 0) is 37.1 Å². The Bertz CT molecular complexity index is 460. The molecule has 110 valence electrons. The molecule has 6 heteroatoms. The quantitative estimate of drug-likeness (QED) is 0.809. The molecular formula is C14H19FN2O3. The normalized spacial score (nSPS) is 11.8. The van der Waals surface area contributed by atoms with Crippen molar-refractivity contribution < 1.29 is 18.7 Å². The highest BCUT2D eigenvalue weighted by molar-refractivity contribution is 5.84. The number of amides is 2. The molecule has 1 rings (SSSR count). The number of hydrogen-bond donors (Lipinski definition) is 2.